The Balaban J connectivity index is 1.68. The van der Waals surface area contributed by atoms with E-state index in [1.165, 1.54) is 0 Å². The summed E-state index contributed by atoms with van der Waals surface area (Å²) >= 11 is 6.24. The van der Waals surface area contributed by atoms with Crippen LogP contribution in [0.5, 0.6) is 5.75 Å². The van der Waals surface area contributed by atoms with Crippen molar-refractivity contribution in [2.75, 3.05) is 20.3 Å². The number of nitrogens with zero attached hydrogens (tertiary/aromatic N) is 1. The second-order valence-electron chi connectivity index (χ2n) is 6.11. The Morgan fingerprint density at radius 1 is 1.14 bits per heavy atom. The quantitative estimate of drug-likeness (QED) is 0.572. The molecule has 1 heterocycles. The van der Waals surface area contributed by atoms with Crippen molar-refractivity contribution < 1.29 is 18.8 Å². The van der Waals surface area contributed by atoms with E-state index in [9.17, 15) is 4.79 Å². The third-order valence-electron chi connectivity index (χ3n) is 4.15. The number of carbonyl (C=O) groups excluding carboxylic acids is 1. The van der Waals surface area contributed by atoms with Crippen LogP contribution in [-0.2, 0) is 11.3 Å². The standard InChI is InChI=1S/C21H21ClN2O4/c1-14-19(20(24-28-14)17-5-3-4-6-18(17)22)21(25)23-13-15-7-9-16(10-8-15)27-12-11-26-2/h3-10H,11-13H2,1-2H3,(H,23,25). The summed E-state index contributed by atoms with van der Waals surface area (Å²) in [7, 11) is 1.63. The molecule has 0 bridgehead atoms. The van der Waals surface area contributed by atoms with Crippen LogP contribution in [0, 0.1) is 6.92 Å². The summed E-state index contributed by atoms with van der Waals surface area (Å²) in [4.78, 5) is 12.8. The van der Waals surface area contributed by atoms with Crippen molar-refractivity contribution in [2.24, 2.45) is 0 Å². The lowest BCUT2D eigenvalue weighted by Gasteiger charge is -2.08. The van der Waals surface area contributed by atoms with Gasteiger partial charge in [0.15, 0.2) is 0 Å². The van der Waals surface area contributed by atoms with Gasteiger partial charge < -0.3 is 19.3 Å². The first-order valence-corrected chi connectivity index (χ1v) is 9.18. The number of aromatic nitrogens is 1. The van der Waals surface area contributed by atoms with Gasteiger partial charge in [0, 0.05) is 19.2 Å². The van der Waals surface area contributed by atoms with Crippen LogP contribution >= 0.6 is 11.6 Å². The van der Waals surface area contributed by atoms with E-state index in [1.54, 1.807) is 26.2 Å². The number of benzene rings is 2. The molecule has 6 nitrogen and oxygen atoms in total. The molecule has 0 aliphatic carbocycles. The molecule has 7 heteroatoms. The minimum atomic E-state index is -0.269. The van der Waals surface area contributed by atoms with Gasteiger partial charge in [0.2, 0.25) is 0 Å². The Labute approximate surface area is 168 Å². The lowest BCUT2D eigenvalue weighted by atomic mass is 10.1. The topological polar surface area (TPSA) is 73.6 Å². The summed E-state index contributed by atoms with van der Waals surface area (Å²) in [6, 6.07) is 14.7. The molecule has 3 aromatic rings. The predicted octanol–water partition coefficient (Wildman–Crippen LogP) is 4.26. The molecule has 2 aromatic carbocycles. The number of nitrogens with one attached hydrogen (secondary N) is 1. The summed E-state index contributed by atoms with van der Waals surface area (Å²) in [5, 5.41) is 7.43. The molecule has 3 rings (SSSR count). The Hall–Kier alpha value is -2.83. The van der Waals surface area contributed by atoms with Crippen LogP contribution in [0.15, 0.2) is 53.1 Å². The second-order valence-corrected chi connectivity index (χ2v) is 6.52. The number of halogens is 1. The smallest absolute Gasteiger partial charge is 0.257 e. The fourth-order valence-electron chi connectivity index (χ4n) is 2.69. The Kier molecular flexibility index (Phi) is 6.68. The lowest BCUT2D eigenvalue weighted by molar-refractivity contribution is 0.0950. The highest BCUT2D eigenvalue weighted by Gasteiger charge is 2.22. The third kappa shape index (κ3) is 4.71. The maximum absolute atomic E-state index is 12.8. The molecule has 1 aromatic heterocycles. The van der Waals surface area contributed by atoms with Crippen LogP contribution in [-0.4, -0.2) is 31.4 Å². The zero-order chi connectivity index (χ0) is 19.9. The molecular formula is C21H21ClN2O4. The number of rotatable bonds is 8. The van der Waals surface area contributed by atoms with E-state index in [0.717, 1.165) is 11.3 Å². The van der Waals surface area contributed by atoms with Gasteiger partial charge in [-0.3, -0.25) is 4.79 Å². The number of methoxy groups -OCH3 is 1. The van der Waals surface area contributed by atoms with Gasteiger partial charge in [-0.15, -0.1) is 0 Å². The monoisotopic (exact) mass is 400 g/mol. The summed E-state index contributed by atoms with van der Waals surface area (Å²) in [5.74, 6) is 0.923. The Morgan fingerprint density at radius 3 is 2.61 bits per heavy atom. The largest absolute Gasteiger partial charge is 0.491 e. The van der Waals surface area contributed by atoms with Gasteiger partial charge in [-0.25, -0.2) is 0 Å². The van der Waals surface area contributed by atoms with Gasteiger partial charge in [-0.2, -0.15) is 0 Å². The van der Waals surface area contributed by atoms with Crippen molar-refractivity contribution in [2.45, 2.75) is 13.5 Å². The number of aryl methyl sites for hydroxylation is 1. The average Bonchev–Trinajstić information content (AvgIpc) is 3.09. The van der Waals surface area contributed by atoms with Crippen LogP contribution in [0.4, 0.5) is 0 Å². The summed E-state index contributed by atoms with van der Waals surface area (Å²) < 4.78 is 15.7. The molecule has 146 valence electrons. The molecule has 1 amide bonds. The first-order valence-electron chi connectivity index (χ1n) is 8.80. The maximum Gasteiger partial charge on any atom is 0.257 e. The molecule has 1 N–H and O–H groups in total. The van der Waals surface area contributed by atoms with Gasteiger partial charge in [-0.05, 0) is 30.7 Å². The Morgan fingerprint density at radius 2 is 1.89 bits per heavy atom. The van der Waals surface area contributed by atoms with Crippen LogP contribution in [0.3, 0.4) is 0 Å². The van der Waals surface area contributed by atoms with E-state index < -0.39 is 0 Å². The van der Waals surface area contributed by atoms with Crippen molar-refractivity contribution in [1.29, 1.82) is 0 Å². The molecule has 28 heavy (non-hydrogen) atoms. The van der Waals surface area contributed by atoms with E-state index in [4.69, 9.17) is 25.6 Å². The van der Waals surface area contributed by atoms with Gasteiger partial charge in [0.1, 0.15) is 29.4 Å². The number of hydrogen-bond acceptors (Lipinski definition) is 5. The Bertz CT molecular complexity index is 938. The predicted molar refractivity (Wildman–Crippen MR) is 107 cm³/mol. The van der Waals surface area contributed by atoms with E-state index in [0.29, 0.717) is 47.4 Å². The number of amides is 1. The van der Waals surface area contributed by atoms with Gasteiger partial charge in [0.25, 0.3) is 5.91 Å². The third-order valence-corrected chi connectivity index (χ3v) is 4.48. The summed E-state index contributed by atoms with van der Waals surface area (Å²) in [5.41, 5.74) is 2.42. The van der Waals surface area contributed by atoms with Crippen LogP contribution in [0.25, 0.3) is 11.3 Å². The van der Waals surface area contributed by atoms with E-state index in [2.05, 4.69) is 10.5 Å². The zero-order valence-electron chi connectivity index (χ0n) is 15.7. The number of ether oxygens (including phenoxy) is 2. The van der Waals surface area contributed by atoms with E-state index in [-0.39, 0.29) is 5.91 Å². The molecule has 0 radical (unpaired) electrons. The van der Waals surface area contributed by atoms with Crippen molar-refractivity contribution in [3.05, 3.63) is 70.4 Å². The molecule has 0 fully saturated rings. The fraction of sp³-hybridized carbons (Fsp3) is 0.238. The van der Waals surface area contributed by atoms with Gasteiger partial charge in [0.05, 0.1) is 11.6 Å². The molecule has 0 aliphatic rings. The van der Waals surface area contributed by atoms with Gasteiger partial charge >= 0.3 is 0 Å². The summed E-state index contributed by atoms with van der Waals surface area (Å²) in [6.45, 7) is 3.09. The van der Waals surface area contributed by atoms with Crippen molar-refractivity contribution in [3.8, 4) is 17.0 Å². The highest BCUT2D eigenvalue weighted by Crippen LogP contribution is 2.30. The molecule has 0 unspecified atom stereocenters. The van der Waals surface area contributed by atoms with Crippen molar-refractivity contribution >= 4 is 17.5 Å². The highest BCUT2D eigenvalue weighted by atomic mass is 35.5. The first kappa shape index (κ1) is 19.9. The number of carbonyl (C=O) groups is 1. The molecule has 0 saturated carbocycles. The summed E-state index contributed by atoms with van der Waals surface area (Å²) in [6.07, 6.45) is 0. The molecular weight excluding hydrogens is 380 g/mol. The second kappa shape index (κ2) is 9.39. The van der Waals surface area contributed by atoms with Crippen LogP contribution < -0.4 is 10.1 Å². The molecule has 0 atom stereocenters. The zero-order valence-corrected chi connectivity index (χ0v) is 16.5. The van der Waals surface area contributed by atoms with E-state index >= 15 is 0 Å². The van der Waals surface area contributed by atoms with Crippen molar-refractivity contribution in [1.82, 2.24) is 10.5 Å². The maximum atomic E-state index is 12.8. The lowest BCUT2D eigenvalue weighted by Crippen LogP contribution is -2.23. The fourth-order valence-corrected chi connectivity index (χ4v) is 2.92. The number of hydrogen-bond donors (Lipinski definition) is 1. The molecule has 0 aliphatic heterocycles. The SMILES string of the molecule is COCCOc1ccc(CNC(=O)c2c(-c3ccccc3Cl)noc2C)cc1. The normalized spacial score (nSPS) is 10.7. The van der Waals surface area contributed by atoms with Gasteiger partial charge in [-0.1, -0.05) is 47.1 Å². The van der Waals surface area contributed by atoms with Crippen LogP contribution in [0.2, 0.25) is 5.02 Å². The minimum absolute atomic E-state index is 0.269. The van der Waals surface area contributed by atoms with Crippen molar-refractivity contribution in [3.63, 3.8) is 0 Å². The first-order chi connectivity index (χ1) is 13.6. The molecule has 0 spiro atoms. The molecule has 0 saturated heterocycles. The van der Waals surface area contributed by atoms with E-state index in [1.807, 2.05) is 36.4 Å². The van der Waals surface area contributed by atoms with Crippen LogP contribution in [0.1, 0.15) is 21.7 Å². The average molecular weight is 401 g/mol. The minimum Gasteiger partial charge on any atom is -0.491 e. The highest BCUT2D eigenvalue weighted by molar-refractivity contribution is 6.33.